The van der Waals surface area contributed by atoms with Gasteiger partial charge < -0.3 is 14.6 Å². The van der Waals surface area contributed by atoms with Gasteiger partial charge in [-0.3, -0.25) is 4.79 Å². The minimum atomic E-state index is -0.430. The lowest BCUT2D eigenvalue weighted by molar-refractivity contribution is 0.00578. The molecule has 0 saturated carbocycles. The van der Waals surface area contributed by atoms with Crippen molar-refractivity contribution < 1.29 is 14.1 Å². The summed E-state index contributed by atoms with van der Waals surface area (Å²) in [6.45, 7) is 9.98. The van der Waals surface area contributed by atoms with Gasteiger partial charge in [0.2, 0.25) is 0 Å². The summed E-state index contributed by atoms with van der Waals surface area (Å²) >= 11 is 0. The second kappa shape index (κ2) is 6.28. The second-order valence-corrected chi connectivity index (χ2v) is 7.33. The van der Waals surface area contributed by atoms with Crippen LogP contribution in [0.1, 0.15) is 43.6 Å². The fraction of sp³-hybridized carbons (Fsp3) is 0.368. The fourth-order valence-corrected chi connectivity index (χ4v) is 2.57. The lowest BCUT2D eigenvalue weighted by Gasteiger charge is -2.32. The highest BCUT2D eigenvalue weighted by atomic mass is 16.7. The first-order chi connectivity index (χ1) is 11.7. The van der Waals surface area contributed by atoms with E-state index in [9.17, 15) is 4.79 Å². The number of aryl methyl sites for hydroxylation is 1. The van der Waals surface area contributed by atoms with Gasteiger partial charge in [0.15, 0.2) is 0 Å². The van der Waals surface area contributed by atoms with E-state index in [1.54, 1.807) is 18.3 Å². The SMILES string of the molecule is Cc1cccnc1NC(=O)c1ccc(B2OC(C)(C)C(C)(C)O2)cc1. The summed E-state index contributed by atoms with van der Waals surface area (Å²) in [6.07, 6.45) is 1.66. The molecule has 6 heteroatoms. The molecule has 1 saturated heterocycles. The standard InChI is InChI=1S/C19H23BN2O3/c1-13-7-6-12-21-16(13)22-17(23)14-8-10-15(11-9-14)20-24-18(2,3)19(4,5)25-20/h6-12H,1-5H3,(H,21,22,23). The Morgan fingerprint density at radius 2 is 1.64 bits per heavy atom. The van der Waals surface area contributed by atoms with Crippen LogP contribution in [-0.2, 0) is 9.31 Å². The highest BCUT2D eigenvalue weighted by Gasteiger charge is 2.51. The number of anilines is 1. The van der Waals surface area contributed by atoms with Crippen LogP contribution in [0.15, 0.2) is 42.6 Å². The van der Waals surface area contributed by atoms with E-state index in [2.05, 4.69) is 10.3 Å². The Balaban J connectivity index is 1.73. The molecule has 2 heterocycles. The Hall–Kier alpha value is -2.18. The molecular weight excluding hydrogens is 315 g/mol. The summed E-state index contributed by atoms with van der Waals surface area (Å²) < 4.78 is 12.1. The number of aromatic nitrogens is 1. The minimum absolute atomic E-state index is 0.192. The minimum Gasteiger partial charge on any atom is -0.399 e. The van der Waals surface area contributed by atoms with E-state index < -0.39 is 7.12 Å². The Morgan fingerprint density at radius 3 is 2.20 bits per heavy atom. The molecule has 1 aromatic carbocycles. The van der Waals surface area contributed by atoms with E-state index in [1.807, 2.05) is 58.9 Å². The predicted molar refractivity (Wildman–Crippen MR) is 99.1 cm³/mol. The molecule has 0 spiro atoms. The third kappa shape index (κ3) is 3.46. The Bertz CT molecular complexity index is 772. The summed E-state index contributed by atoms with van der Waals surface area (Å²) in [7, 11) is -0.430. The Labute approximate surface area is 148 Å². The monoisotopic (exact) mass is 338 g/mol. The summed E-state index contributed by atoms with van der Waals surface area (Å²) in [6, 6.07) is 11.0. The summed E-state index contributed by atoms with van der Waals surface area (Å²) in [5.74, 6) is 0.379. The molecule has 1 aromatic heterocycles. The predicted octanol–water partition coefficient (Wildman–Crippen LogP) is 2.94. The number of rotatable bonds is 3. The lowest BCUT2D eigenvalue weighted by atomic mass is 9.79. The van der Waals surface area contributed by atoms with Crippen molar-refractivity contribution in [2.75, 3.05) is 5.32 Å². The van der Waals surface area contributed by atoms with Crippen LogP contribution in [0.5, 0.6) is 0 Å². The van der Waals surface area contributed by atoms with E-state index in [-0.39, 0.29) is 17.1 Å². The van der Waals surface area contributed by atoms with Crippen LogP contribution < -0.4 is 10.8 Å². The number of carbonyl (C=O) groups excluding carboxylic acids is 1. The van der Waals surface area contributed by atoms with Crippen LogP contribution in [0.3, 0.4) is 0 Å². The molecule has 1 amide bonds. The average molecular weight is 338 g/mol. The van der Waals surface area contributed by atoms with Crippen LogP contribution in [0.25, 0.3) is 0 Å². The maximum atomic E-state index is 12.4. The van der Waals surface area contributed by atoms with Gasteiger partial charge in [-0.25, -0.2) is 4.98 Å². The van der Waals surface area contributed by atoms with Crippen LogP contribution in [0, 0.1) is 6.92 Å². The topological polar surface area (TPSA) is 60.5 Å². The average Bonchev–Trinajstić information content (AvgIpc) is 2.78. The molecule has 3 rings (SSSR count). The zero-order valence-corrected chi connectivity index (χ0v) is 15.3. The first kappa shape index (κ1) is 17.6. The zero-order chi connectivity index (χ0) is 18.2. The Morgan fingerprint density at radius 1 is 1.04 bits per heavy atom. The van der Waals surface area contributed by atoms with Crippen LogP contribution >= 0.6 is 0 Å². The largest absolute Gasteiger partial charge is 0.494 e. The number of nitrogens with one attached hydrogen (secondary N) is 1. The van der Waals surface area contributed by atoms with Crippen LogP contribution in [-0.4, -0.2) is 29.2 Å². The first-order valence-corrected chi connectivity index (χ1v) is 8.38. The molecule has 5 nitrogen and oxygen atoms in total. The normalized spacial score (nSPS) is 18.2. The molecule has 1 fully saturated rings. The molecule has 1 aliphatic heterocycles. The first-order valence-electron chi connectivity index (χ1n) is 8.38. The van der Waals surface area contributed by atoms with Gasteiger partial charge in [-0.15, -0.1) is 0 Å². The number of hydrogen-bond donors (Lipinski definition) is 1. The van der Waals surface area contributed by atoms with Crippen molar-refractivity contribution in [1.82, 2.24) is 4.98 Å². The summed E-state index contributed by atoms with van der Waals surface area (Å²) in [4.78, 5) is 16.6. The number of hydrogen-bond acceptors (Lipinski definition) is 4. The van der Waals surface area contributed by atoms with Gasteiger partial charge in [0.25, 0.3) is 5.91 Å². The molecule has 0 aliphatic carbocycles. The smallest absolute Gasteiger partial charge is 0.399 e. The van der Waals surface area contributed by atoms with Crippen molar-refractivity contribution in [1.29, 1.82) is 0 Å². The number of amides is 1. The molecule has 1 N–H and O–H groups in total. The highest BCUT2D eigenvalue weighted by molar-refractivity contribution is 6.62. The van der Waals surface area contributed by atoms with E-state index in [0.29, 0.717) is 11.4 Å². The molecular formula is C19H23BN2O3. The van der Waals surface area contributed by atoms with Crippen molar-refractivity contribution in [3.8, 4) is 0 Å². The number of benzene rings is 1. The van der Waals surface area contributed by atoms with Gasteiger partial charge in [0, 0.05) is 11.8 Å². The highest BCUT2D eigenvalue weighted by Crippen LogP contribution is 2.36. The van der Waals surface area contributed by atoms with Gasteiger partial charge in [-0.1, -0.05) is 18.2 Å². The van der Waals surface area contributed by atoms with Gasteiger partial charge in [0.1, 0.15) is 5.82 Å². The van der Waals surface area contributed by atoms with Crippen molar-refractivity contribution >= 4 is 24.3 Å². The maximum absolute atomic E-state index is 12.4. The molecule has 2 aromatic rings. The van der Waals surface area contributed by atoms with Gasteiger partial charge in [-0.2, -0.15) is 0 Å². The van der Waals surface area contributed by atoms with Crippen LogP contribution in [0.4, 0.5) is 5.82 Å². The number of carbonyl (C=O) groups is 1. The van der Waals surface area contributed by atoms with Gasteiger partial charge in [0.05, 0.1) is 11.2 Å². The van der Waals surface area contributed by atoms with E-state index in [0.717, 1.165) is 11.0 Å². The molecule has 25 heavy (non-hydrogen) atoms. The number of nitrogens with zero attached hydrogens (tertiary/aromatic N) is 1. The fourth-order valence-electron chi connectivity index (χ4n) is 2.57. The quantitative estimate of drug-likeness (QED) is 0.874. The maximum Gasteiger partial charge on any atom is 0.494 e. The lowest BCUT2D eigenvalue weighted by Crippen LogP contribution is -2.41. The zero-order valence-electron chi connectivity index (χ0n) is 15.3. The number of pyridine rings is 1. The van der Waals surface area contributed by atoms with E-state index in [1.165, 1.54) is 0 Å². The van der Waals surface area contributed by atoms with Gasteiger partial charge in [-0.05, 0) is 63.8 Å². The van der Waals surface area contributed by atoms with E-state index in [4.69, 9.17) is 9.31 Å². The van der Waals surface area contributed by atoms with Crippen LogP contribution in [0.2, 0.25) is 0 Å². The van der Waals surface area contributed by atoms with Crippen molar-refractivity contribution in [3.05, 3.63) is 53.7 Å². The van der Waals surface area contributed by atoms with Crippen molar-refractivity contribution in [2.45, 2.75) is 45.8 Å². The van der Waals surface area contributed by atoms with E-state index >= 15 is 0 Å². The molecule has 0 bridgehead atoms. The van der Waals surface area contributed by atoms with Crippen molar-refractivity contribution in [2.24, 2.45) is 0 Å². The summed E-state index contributed by atoms with van der Waals surface area (Å²) in [5.41, 5.74) is 1.60. The second-order valence-electron chi connectivity index (χ2n) is 7.33. The molecule has 1 aliphatic rings. The summed E-state index contributed by atoms with van der Waals surface area (Å²) in [5, 5.41) is 2.83. The molecule has 0 atom stereocenters. The molecule has 0 radical (unpaired) electrons. The third-order valence-electron chi connectivity index (χ3n) is 4.94. The molecule has 130 valence electrons. The third-order valence-corrected chi connectivity index (χ3v) is 4.94. The molecule has 0 unspecified atom stereocenters. The Kier molecular flexibility index (Phi) is 4.43. The van der Waals surface area contributed by atoms with Gasteiger partial charge >= 0.3 is 7.12 Å². The van der Waals surface area contributed by atoms with Crippen molar-refractivity contribution in [3.63, 3.8) is 0 Å².